The average molecular weight is 365 g/mol. The third-order valence-electron chi connectivity index (χ3n) is 4.04. The smallest absolute Gasteiger partial charge is 0.224 e. The predicted molar refractivity (Wildman–Crippen MR) is 99.7 cm³/mol. The van der Waals surface area contributed by atoms with Crippen LogP contribution < -0.4 is 16.0 Å². The number of carbonyl (C=O) groups is 1. The molecule has 3 N–H and O–H groups in total. The number of halogens is 1. The maximum atomic E-state index is 13.1. The monoisotopic (exact) mass is 365 g/mol. The van der Waals surface area contributed by atoms with E-state index in [1.54, 1.807) is 19.2 Å². The summed E-state index contributed by atoms with van der Waals surface area (Å²) in [5, 5.41) is 9.22. The molecule has 1 aromatic rings. The molecule has 1 aliphatic rings. The molecule has 144 valence electrons. The van der Waals surface area contributed by atoms with Crippen molar-refractivity contribution in [3.8, 4) is 0 Å². The van der Waals surface area contributed by atoms with E-state index < -0.39 is 0 Å². The van der Waals surface area contributed by atoms with Crippen LogP contribution in [-0.4, -0.2) is 76.3 Å². The quantitative estimate of drug-likeness (QED) is 0.343. The number of nitrogens with zero attached hydrogens (tertiary/aromatic N) is 2. The van der Waals surface area contributed by atoms with E-state index in [0.717, 1.165) is 39.4 Å². The van der Waals surface area contributed by atoms with Gasteiger partial charge in [-0.2, -0.15) is 0 Å². The normalized spacial score (nSPS) is 15.5. The fourth-order valence-corrected chi connectivity index (χ4v) is 2.66. The fourth-order valence-electron chi connectivity index (χ4n) is 2.66. The highest BCUT2D eigenvalue weighted by atomic mass is 19.1. The molecule has 0 spiro atoms. The first-order chi connectivity index (χ1) is 12.7. The molecule has 1 saturated heterocycles. The van der Waals surface area contributed by atoms with Gasteiger partial charge in [-0.25, -0.2) is 4.39 Å². The van der Waals surface area contributed by atoms with Crippen LogP contribution in [0.5, 0.6) is 0 Å². The van der Waals surface area contributed by atoms with Crippen LogP contribution >= 0.6 is 0 Å². The molecule has 2 rings (SSSR count). The zero-order valence-corrected chi connectivity index (χ0v) is 15.3. The molecule has 0 atom stereocenters. The first-order valence-corrected chi connectivity index (χ1v) is 8.93. The summed E-state index contributed by atoms with van der Waals surface area (Å²) >= 11 is 0. The minimum atomic E-state index is -0.330. The van der Waals surface area contributed by atoms with Crippen LogP contribution in [0.4, 0.5) is 4.39 Å². The van der Waals surface area contributed by atoms with Crippen molar-refractivity contribution in [1.82, 2.24) is 20.9 Å². The van der Waals surface area contributed by atoms with Gasteiger partial charge in [-0.3, -0.25) is 14.7 Å². The zero-order valence-electron chi connectivity index (χ0n) is 15.3. The predicted octanol–water partition coefficient (Wildman–Crippen LogP) is -0.0184. The van der Waals surface area contributed by atoms with Gasteiger partial charge >= 0.3 is 0 Å². The van der Waals surface area contributed by atoms with Crippen LogP contribution in [0.2, 0.25) is 0 Å². The molecular formula is C18H28FN5O2. The average Bonchev–Trinajstić information content (AvgIpc) is 2.64. The number of carbonyl (C=O) groups excluding carboxylic acids is 1. The summed E-state index contributed by atoms with van der Waals surface area (Å²) in [6.07, 6.45) is 0.171. The van der Waals surface area contributed by atoms with Gasteiger partial charge in [0.1, 0.15) is 5.82 Å². The molecule has 1 heterocycles. The highest BCUT2D eigenvalue weighted by Crippen LogP contribution is 2.03. The van der Waals surface area contributed by atoms with Gasteiger partial charge in [0.05, 0.1) is 19.6 Å². The van der Waals surface area contributed by atoms with Crippen LogP contribution in [0.3, 0.4) is 0 Å². The van der Waals surface area contributed by atoms with Gasteiger partial charge in [0, 0.05) is 46.3 Å². The fraction of sp³-hybridized carbons (Fsp3) is 0.556. The molecule has 8 heteroatoms. The van der Waals surface area contributed by atoms with Gasteiger partial charge in [0.15, 0.2) is 5.96 Å². The van der Waals surface area contributed by atoms with E-state index in [1.807, 2.05) is 0 Å². The summed E-state index contributed by atoms with van der Waals surface area (Å²) < 4.78 is 18.4. The Morgan fingerprint density at radius 2 is 1.92 bits per heavy atom. The second kappa shape index (κ2) is 11.4. The Hall–Kier alpha value is -2.19. The number of hydrogen-bond donors (Lipinski definition) is 3. The lowest BCUT2D eigenvalue weighted by molar-refractivity contribution is -0.120. The Labute approximate surface area is 154 Å². The molecule has 7 nitrogen and oxygen atoms in total. The van der Waals surface area contributed by atoms with E-state index in [-0.39, 0.29) is 18.1 Å². The van der Waals surface area contributed by atoms with E-state index in [0.29, 0.717) is 24.6 Å². The van der Waals surface area contributed by atoms with E-state index in [1.165, 1.54) is 12.1 Å². The van der Waals surface area contributed by atoms with Gasteiger partial charge in [0.2, 0.25) is 5.91 Å². The van der Waals surface area contributed by atoms with E-state index in [9.17, 15) is 9.18 Å². The Balaban J connectivity index is 1.56. The van der Waals surface area contributed by atoms with Crippen LogP contribution in [0.25, 0.3) is 0 Å². The van der Waals surface area contributed by atoms with Crippen LogP contribution in [-0.2, 0) is 16.0 Å². The lowest BCUT2D eigenvalue weighted by Gasteiger charge is -2.26. The third-order valence-corrected chi connectivity index (χ3v) is 4.04. The van der Waals surface area contributed by atoms with Gasteiger partial charge in [0.25, 0.3) is 0 Å². The minimum absolute atomic E-state index is 0.132. The van der Waals surface area contributed by atoms with Gasteiger partial charge < -0.3 is 20.7 Å². The van der Waals surface area contributed by atoms with Crippen molar-refractivity contribution < 1.29 is 13.9 Å². The molecule has 0 radical (unpaired) electrons. The lowest BCUT2D eigenvalue weighted by atomic mass is 10.1. The Morgan fingerprint density at radius 3 is 2.65 bits per heavy atom. The number of ether oxygens (including phenoxy) is 1. The number of hydrogen-bond acceptors (Lipinski definition) is 4. The number of amides is 1. The van der Waals surface area contributed by atoms with Crippen LogP contribution in [0, 0.1) is 5.82 Å². The first kappa shape index (κ1) is 20.1. The van der Waals surface area contributed by atoms with E-state index >= 15 is 0 Å². The van der Waals surface area contributed by atoms with Crippen molar-refractivity contribution in [1.29, 1.82) is 0 Å². The molecule has 0 bridgehead atoms. The highest BCUT2D eigenvalue weighted by molar-refractivity contribution is 5.80. The Morgan fingerprint density at radius 1 is 1.19 bits per heavy atom. The summed E-state index contributed by atoms with van der Waals surface area (Å²) in [5.41, 5.74) is 0.663. The molecule has 1 aromatic carbocycles. The van der Waals surface area contributed by atoms with Crippen molar-refractivity contribution in [2.75, 3.05) is 59.5 Å². The second-order valence-corrected chi connectivity index (χ2v) is 6.04. The van der Waals surface area contributed by atoms with Crippen molar-refractivity contribution in [3.63, 3.8) is 0 Å². The maximum Gasteiger partial charge on any atom is 0.224 e. The number of guanidine groups is 1. The molecule has 0 saturated carbocycles. The summed E-state index contributed by atoms with van der Waals surface area (Å²) in [6, 6.07) is 6.08. The number of nitrogens with one attached hydrogen (secondary N) is 3. The molecule has 26 heavy (non-hydrogen) atoms. The van der Waals surface area contributed by atoms with Gasteiger partial charge in [-0.15, -0.1) is 0 Å². The van der Waals surface area contributed by atoms with Crippen LogP contribution in [0.1, 0.15) is 5.56 Å². The van der Waals surface area contributed by atoms with E-state index in [2.05, 4.69) is 25.8 Å². The van der Waals surface area contributed by atoms with Gasteiger partial charge in [-0.05, 0) is 17.7 Å². The van der Waals surface area contributed by atoms with Crippen molar-refractivity contribution in [3.05, 3.63) is 35.6 Å². The molecular weight excluding hydrogens is 337 g/mol. The number of benzene rings is 1. The highest BCUT2D eigenvalue weighted by Gasteiger charge is 2.09. The number of aliphatic imine (C=N–C) groups is 1. The lowest BCUT2D eigenvalue weighted by Crippen LogP contribution is -2.45. The standard InChI is InChI=1S/C18H28FN5O2/c1-20-18(23-7-8-24-9-11-26-12-10-24)22-6-5-21-17(25)14-15-3-2-4-16(19)13-15/h2-4,13H,5-12,14H2,1H3,(H,21,25)(H2,20,22,23). The Bertz CT molecular complexity index is 591. The summed E-state index contributed by atoms with van der Waals surface area (Å²) in [5.74, 6) is 0.245. The SMILES string of the molecule is CN=C(NCCNC(=O)Cc1cccc(F)c1)NCCN1CCOCC1. The number of morpholine rings is 1. The summed E-state index contributed by atoms with van der Waals surface area (Å²) in [4.78, 5) is 18.4. The van der Waals surface area contributed by atoms with E-state index in [4.69, 9.17) is 4.74 Å². The Kier molecular flexibility index (Phi) is 8.85. The minimum Gasteiger partial charge on any atom is -0.379 e. The molecule has 1 amide bonds. The van der Waals surface area contributed by atoms with Crippen molar-refractivity contribution in [2.24, 2.45) is 4.99 Å². The van der Waals surface area contributed by atoms with Crippen molar-refractivity contribution in [2.45, 2.75) is 6.42 Å². The molecule has 1 aliphatic heterocycles. The molecule has 0 unspecified atom stereocenters. The summed E-state index contributed by atoms with van der Waals surface area (Å²) in [6.45, 7) is 6.28. The largest absolute Gasteiger partial charge is 0.379 e. The van der Waals surface area contributed by atoms with Crippen LogP contribution in [0.15, 0.2) is 29.3 Å². The zero-order chi connectivity index (χ0) is 18.6. The second-order valence-electron chi connectivity index (χ2n) is 6.04. The van der Waals surface area contributed by atoms with Crippen molar-refractivity contribution >= 4 is 11.9 Å². The summed E-state index contributed by atoms with van der Waals surface area (Å²) in [7, 11) is 1.71. The molecule has 1 fully saturated rings. The first-order valence-electron chi connectivity index (χ1n) is 8.93. The third kappa shape index (κ3) is 7.79. The molecule has 0 aliphatic carbocycles. The molecule has 0 aromatic heterocycles. The van der Waals surface area contributed by atoms with Gasteiger partial charge in [-0.1, -0.05) is 12.1 Å². The number of rotatable bonds is 8. The topological polar surface area (TPSA) is 78.0 Å². The maximum absolute atomic E-state index is 13.1.